The molecule has 96 valence electrons. The maximum atomic E-state index is 5.45. The second-order valence-corrected chi connectivity index (χ2v) is 4.15. The second-order valence-electron chi connectivity index (χ2n) is 3.36. The molecule has 0 aliphatic carbocycles. The molecule has 0 amide bonds. The lowest BCUT2D eigenvalue weighted by Crippen LogP contribution is -2.02. The van der Waals surface area contributed by atoms with Crippen LogP contribution in [0.3, 0.4) is 0 Å². The van der Waals surface area contributed by atoms with Crippen molar-refractivity contribution >= 4 is 15.9 Å². The van der Waals surface area contributed by atoms with Gasteiger partial charge in [-0.05, 0) is 33.6 Å². The molecule has 1 aromatic rings. The summed E-state index contributed by atoms with van der Waals surface area (Å²) in [5.74, 6) is 1.46. The average Bonchev–Trinajstić information content (AvgIpc) is 2.36. The topological polar surface area (TPSA) is 36.9 Å². The summed E-state index contributed by atoms with van der Waals surface area (Å²) in [6.07, 6.45) is 0. The third-order valence-electron chi connectivity index (χ3n) is 2.21. The van der Waals surface area contributed by atoms with Crippen molar-refractivity contribution in [1.29, 1.82) is 0 Å². The van der Waals surface area contributed by atoms with Gasteiger partial charge in [0.15, 0.2) is 0 Å². The van der Waals surface area contributed by atoms with E-state index in [-0.39, 0.29) is 0 Å². The van der Waals surface area contributed by atoms with Crippen LogP contribution < -0.4 is 9.47 Å². The van der Waals surface area contributed by atoms with Crippen molar-refractivity contribution in [2.75, 3.05) is 34.5 Å². The molecule has 17 heavy (non-hydrogen) atoms. The van der Waals surface area contributed by atoms with Crippen molar-refractivity contribution < 1.29 is 18.9 Å². The first-order valence-corrected chi connectivity index (χ1v) is 5.99. The summed E-state index contributed by atoms with van der Waals surface area (Å²) in [6, 6.07) is 3.83. The fourth-order valence-corrected chi connectivity index (χ4v) is 1.89. The highest BCUT2D eigenvalue weighted by molar-refractivity contribution is 9.10. The number of benzene rings is 1. The molecule has 1 rings (SSSR count). The van der Waals surface area contributed by atoms with Gasteiger partial charge in [0.2, 0.25) is 0 Å². The van der Waals surface area contributed by atoms with E-state index in [4.69, 9.17) is 18.9 Å². The van der Waals surface area contributed by atoms with Crippen LogP contribution in [-0.4, -0.2) is 34.5 Å². The number of halogens is 1. The summed E-state index contributed by atoms with van der Waals surface area (Å²) in [5, 5.41) is 0. The molecule has 5 heteroatoms. The molecule has 0 atom stereocenters. The van der Waals surface area contributed by atoms with Crippen molar-refractivity contribution in [2.45, 2.75) is 6.61 Å². The molecule has 0 spiro atoms. The minimum absolute atomic E-state index is 0.503. The summed E-state index contributed by atoms with van der Waals surface area (Å²) in [7, 11) is 4.89. The maximum Gasteiger partial charge on any atom is 0.137 e. The predicted octanol–water partition coefficient (Wildman–Crippen LogP) is 2.63. The number of ether oxygens (including phenoxy) is 4. The Morgan fingerprint density at radius 3 is 2.06 bits per heavy atom. The van der Waals surface area contributed by atoms with Crippen molar-refractivity contribution in [3.63, 3.8) is 0 Å². The van der Waals surface area contributed by atoms with Crippen LogP contribution in [0.1, 0.15) is 5.56 Å². The summed E-state index contributed by atoms with van der Waals surface area (Å²) < 4.78 is 21.7. The molecule has 4 nitrogen and oxygen atoms in total. The molecule has 0 saturated carbocycles. The van der Waals surface area contributed by atoms with Gasteiger partial charge in [-0.25, -0.2) is 0 Å². The SMILES string of the molecule is COCCOCc1cc(OC)c(Br)c(OC)c1. The maximum absolute atomic E-state index is 5.45. The van der Waals surface area contributed by atoms with Crippen molar-refractivity contribution in [2.24, 2.45) is 0 Å². The lowest BCUT2D eigenvalue weighted by atomic mass is 10.2. The molecular formula is C12H17BrO4. The first kappa shape index (κ1) is 14.3. The van der Waals surface area contributed by atoms with E-state index in [9.17, 15) is 0 Å². The van der Waals surface area contributed by atoms with Gasteiger partial charge in [-0.3, -0.25) is 0 Å². The normalized spacial score (nSPS) is 10.4. The Hall–Kier alpha value is -0.780. The summed E-state index contributed by atoms with van der Waals surface area (Å²) in [6.45, 7) is 1.66. The van der Waals surface area contributed by atoms with E-state index < -0.39 is 0 Å². The van der Waals surface area contributed by atoms with Crippen molar-refractivity contribution in [3.05, 3.63) is 22.2 Å². The molecule has 0 aliphatic rings. The summed E-state index contributed by atoms with van der Waals surface area (Å²) >= 11 is 3.42. The molecule has 0 aliphatic heterocycles. The number of hydrogen-bond donors (Lipinski definition) is 0. The van der Waals surface area contributed by atoms with Crippen LogP contribution in [0.4, 0.5) is 0 Å². The molecule has 0 aromatic heterocycles. The lowest BCUT2D eigenvalue weighted by Gasteiger charge is -2.11. The third-order valence-corrected chi connectivity index (χ3v) is 2.99. The number of methoxy groups -OCH3 is 3. The van der Waals surface area contributed by atoms with E-state index in [1.807, 2.05) is 12.1 Å². The van der Waals surface area contributed by atoms with Crippen LogP contribution in [0, 0.1) is 0 Å². The molecule has 0 heterocycles. The van der Waals surface area contributed by atoms with Gasteiger partial charge in [0.25, 0.3) is 0 Å². The van der Waals surface area contributed by atoms with Crippen LogP contribution in [0.2, 0.25) is 0 Å². The van der Waals surface area contributed by atoms with E-state index in [1.165, 1.54) is 0 Å². The summed E-state index contributed by atoms with van der Waals surface area (Å²) in [5.41, 5.74) is 0.998. The van der Waals surface area contributed by atoms with Crippen LogP contribution >= 0.6 is 15.9 Å². The molecular weight excluding hydrogens is 288 g/mol. The zero-order valence-electron chi connectivity index (χ0n) is 10.3. The van der Waals surface area contributed by atoms with E-state index >= 15 is 0 Å². The van der Waals surface area contributed by atoms with E-state index in [1.54, 1.807) is 21.3 Å². The predicted molar refractivity (Wildman–Crippen MR) is 68.8 cm³/mol. The van der Waals surface area contributed by atoms with E-state index in [0.29, 0.717) is 19.8 Å². The Morgan fingerprint density at radius 1 is 1.00 bits per heavy atom. The monoisotopic (exact) mass is 304 g/mol. The Kier molecular flexibility index (Phi) is 6.32. The summed E-state index contributed by atoms with van der Waals surface area (Å²) in [4.78, 5) is 0. The van der Waals surface area contributed by atoms with Crippen molar-refractivity contribution in [1.82, 2.24) is 0 Å². The van der Waals surface area contributed by atoms with E-state index in [2.05, 4.69) is 15.9 Å². The molecule has 0 unspecified atom stereocenters. The Labute approximate surface area is 110 Å². The highest BCUT2D eigenvalue weighted by atomic mass is 79.9. The van der Waals surface area contributed by atoms with Gasteiger partial charge in [-0.15, -0.1) is 0 Å². The smallest absolute Gasteiger partial charge is 0.137 e. The largest absolute Gasteiger partial charge is 0.495 e. The lowest BCUT2D eigenvalue weighted by molar-refractivity contribution is 0.0615. The molecule has 0 saturated heterocycles. The average molecular weight is 305 g/mol. The van der Waals surface area contributed by atoms with Crippen LogP contribution in [-0.2, 0) is 16.1 Å². The van der Waals surface area contributed by atoms with E-state index in [0.717, 1.165) is 21.5 Å². The van der Waals surface area contributed by atoms with Gasteiger partial charge in [0.05, 0.1) is 34.0 Å². The first-order chi connectivity index (χ1) is 8.22. The minimum atomic E-state index is 0.503. The zero-order chi connectivity index (χ0) is 12.7. The quantitative estimate of drug-likeness (QED) is 0.726. The number of hydrogen-bond acceptors (Lipinski definition) is 4. The Bertz CT molecular complexity index is 329. The molecule has 0 fully saturated rings. The third kappa shape index (κ3) is 4.18. The standard InChI is InChI=1S/C12H17BrO4/c1-14-4-5-17-8-9-6-10(15-2)12(13)11(7-9)16-3/h6-7H,4-5,8H2,1-3H3. The number of rotatable bonds is 7. The Morgan fingerprint density at radius 2 is 1.59 bits per heavy atom. The second kappa shape index (κ2) is 7.53. The van der Waals surface area contributed by atoms with Gasteiger partial charge in [-0.2, -0.15) is 0 Å². The van der Waals surface area contributed by atoms with Crippen LogP contribution in [0.5, 0.6) is 11.5 Å². The van der Waals surface area contributed by atoms with Gasteiger partial charge in [0.1, 0.15) is 16.0 Å². The zero-order valence-corrected chi connectivity index (χ0v) is 11.9. The molecule has 0 radical (unpaired) electrons. The fraction of sp³-hybridized carbons (Fsp3) is 0.500. The van der Waals surface area contributed by atoms with Gasteiger partial charge in [-0.1, -0.05) is 0 Å². The van der Waals surface area contributed by atoms with Gasteiger partial charge >= 0.3 is 0 Å². The van der Waals surface area contributed by atoms with Gasteiger partial charge in [0, 0.05) is 7.11 Å². The first-order valence-electron chi connectivity index (χ1n) is 5.20. The molecule has 0 bridgehead atoms. The van der Waals surface area contributed by atoms with Crippen molar-refractivity contribution in [3.8, 4) is 11.5 Å². The Balaban J connectivity index is 2.71. The highest BCUT2D eigenvalue weighted by Gasteiger charge is 2.09. The van der Waals surface area contributed by atoms with Crippen LogP contribution in [0.25, 0.3) is 0 Å². The minimum Gasteiger partial charge on any atom is -0.495 e. The highest BCUT2D eigenvalue weighted by Crippen LogP contribution is 2.35. The van der Waals surface area contributed by atoms with Crippen LogP contribution in [0.15, 0.2) is 16.6 Å². The van der Waals surface area contributed by atoms with Gasteiger partial charge < -0.3 is 18.9 Å². The molecule has 1 aromatic carbocycles. The molecule has 0 N–H and O–H groups in total. The fourth-order valence-electron chi connectivity index (χ4n) is 1.34.